The molecule has 2 N–H and O–H groups in total. The van der Waals surface area contributed by atoms with Gasteiger partial charge in [0.05, 0.1) is 6.54 Å². The van der Waals surface area contributed by atoms with E-state index in [0.29, 0.717) is 0 Å². The van der Waals surface area contributed by atoms with E-state index in [9.17, 15) is 9.90 Å². The predicted molar refractivity (Wildman–Crippen MR) is 64.9 cm³/mol. The summed E-state index contributed by atoms with van der Waals surface area (Å²) in [5, 5.41) is 19.8. The first kappa shape index (κ1) is 11.7. The number of carboxylic acids is 1. The van der Waals surface area contributed by atoms with Gasteiger partial charge in [0.15, 0.2) is 5.60 Å². The van der Waals surface area contributed by atoms with Gasteiger partial charge in [0.2, 0.25) is 0 Å². The lowest BCUT2D eigenvalue weighted by atomic mass is 10.1. The number of rotatable bonds is 3. The van der Waals surface area contributed by atoms with Crippen molar-refractivity contribution in [3.63, 3.8) is 0 Å². The molecule has 1 unspecified atom stereocenters. The van der Waals surface area contributed by atoms with Gasteiger partial charge >= 0.3 is 5.97 Å². The molecule has 0 saturated carbocycles. The number of benzene rings is 1. The van der Waals surface area contributed by atoms with Gasteiger partial charge < -0.3 is 14.8 Å². The van der Waals surface area contributed by atoms with E-state index in [2.05, 4.69) is 0 Å². The molecule has 17 heavy (non-hydrogen) atoms. The van der Waals surface area contributed by atoms with Crippen LogP contribution < -0.4 is 0 Å². The SMILES string of the molecule is Cc1cn(CC(C)(O)C(=O)O)c2ccccc12. The van der Waals surface area contributed by atoms with Gasteiger partial charge in [-0.2, -0.15) is 0 Å². The van der Waals surface area contributed by atoms with Gasteiger partial charge in [0.1, 0.15) is 0 Å². The molecule has 0 saturated heterocycles. The molecule has 4 nitrogen and oxygen atoms in total. The van der Waals surface area contributed by atoms with E-state index < -0.39 is 11.6 Å². The molecule has 0 fully saturated rings. The van der Waals surface area contributed by atoms with Crippen LogP contribution in [0.3, 0.4) is 0 Å². The first-order valence-corrected chi connectivity index (χ1v) is 5.42. The Morgan fingerprint density at radius 3 is 2.71 bits per heavy atom. The summed E-state index contributed by atoms with van der Waals surface area (Å²) in [6.45, 7) is 3.31. The van der Waals surface area contributed by atoms with E-state index in [0.717, 1.165) is 16.5 Å². The van der Waals surface area contributed by atoms with E-state index in [-0.39, 0.29) is 6.54 Å². The van der Waals surface area contributed by atoms with E-state index in [1.54, 1.807) is 4.57 Å². The van der Waals surface area contributed by atoms with Crippen LogP contribution in [0.1, 0.15) is 12.5 Å². The molecule has 0 aliphatic rings. The van der Waals surface area contributed by atoms with Crippen molar-refractivity contribution in [3.8, 4) is 0 Å². The molecule has 4 heteroatoms. The van der Waals surface area contributed by atoms with Crippen LogP contribution in [0.4, 0.5) is 0 Å². The van der Waals surface area contributed by atoms with Crippen molar-refractivity contribution in [2.75, 3.05) is 0 Å². The van der Waals surface area contributed by atoms with Crippen LogP contribution in [0.2, 0.25) is 0 Å². The summed E-state index contributed by atoms with van der Waals surface area (Å²) in [7, 11) is 0. The third-order valence-electron chi connectivity index (χ3n) is 2.93. The first-order chi connectivity index (χ1) is 7.92. The molecule has 1 atom stereocenters. The lowest BCUT2D eigenvalue weighted by Gasteiger charge is -2.19. The zero-order valence-corrected chi connectivity index (χ0v) is 9.84. The highest BCUT2D eigenvalue weighted by molar-refractivity contribution is 5.84. The van der Waals surface area contributed by atoms with Crippen molar-refractivity contribution in [2.24, 2.45) is 0 Å². The molecule has 1 aromatic carbocycles. The number of aliphatic hydroxyl groups is 1. The quantitative estimate of drug-likeness (QED) is 0.849. The molecular formula is C13H15NO3. The van der Waals surface area contributed by atoms with Gasteiger partial charge in [-0.1, -0.05) is 18.2 Å². The number of fused-ring (bicyclic) bond motifs is 1. The smallest absolute Gasteiger partial charge is 0.337 e. The normalized spacial score (nSPS) is 14.8. The van der Waals surface area contributed by atoms with Crippen LogP contribution in [-0.2, 0) is 11.3 Å². The van der Waals surface area contributed by atoms with Gasteiger partial charge in [-0.25, -0.2) is 4.79 Å². The van der Waals surface area contributed by atoms with Gasteiger partial charge in [0, 0.05) is 17.1 Å². The molecule has 0 aliphatic heterocycles. The van der Waals surface area contributed by atoms with Crippen molar-refractivity contribution < 1.29 is 15.0 Å². The maximum atomic E-state index is 10.9. The molecule has 1 heterocycles. The third-order valence-corrected chi connectivity index (χ3v) is 2.93. The zero-order chi connectivity index (χ0) is 12.6. The Morgan fingerprint density at radius 2 is 2.06 bits per heavy atom. The minimum absolute atomic E-state index is 0.0384. The van der Waals surface area contributed by atoms with Crippen molar-refractivity contribution in [3.05, 3.63) is 36.0 Å². The molecule has 0 spiro atoms. The number of aliphatic carboxylic acids is 1. The maximum Gasteiger partial charge on any atom is 0.337 e. The Morgan fingerprint density at radius 1 is 1.41 bits per heavy atom. The molecule has 1 aromatic heterocycles. The molecule has 0 radical (unpaired) electrons. The monoisotopic (exact) mass is 233 g/mol. The average molecular weight is 233 g/mol. The van der Waals surface area contributed by atoms with Crippen LogP contribution in [0.15, 0.2) is 30.5 Å². The van der Waals surface area contributed by atoms with Crippen LogP contribution in [0, 0.1) is 6.92 Å². The van der Waals surface area contributed by atoms with Crippen molar-refractivity contribution in [1.29, 1.82) is 0 Å². The number of para-hydroxylation sites is 1. The van der Waals surface area contributed by atoms with E-state index >= 15 is 0 Å². The predicted octanol–water partition coefficient (Wildman–Crippen LogP) is 1.79. The van der Waals surface area contributed by atoms with E-state index in [1.807, 2.05) is 37.4 Å². The number of aromatic nitrogens is 1. The summed E-state index contributed by atoms with van der Waals surface area (Å²) in [6.07, 6.45) is 1.86. The Balaban J connectivity index is 2.47. The Kier molecular flexibility index (Phi) is 2.67. The molecule has 0 aliphatic carbocycles. The van der Waals surface area contributed by atoms with Crippen LogP contribution >= 0.6 is 0 Å². The number of hydrogen-bond acceptors (Lipinski definition) is 2. The summed E-state index contributed by atoms with van der Waals surface area (Å²) in [4.78, 5) is 10.9. The summed E-state index contributed by atoms with van der Waals surface area (Å²) in [5.74, 6) is -1.21. The summed E-state index contributed by atoms with van der Waals surface area (Å²) in [6, 6.07) is 7.74. The Labute approximate surface area is 99.1 Å². The van der Waals surface area contributed by atoms with Crippen molar-refractivity contribution in [2.45, 2.75) is 26.0 Å². The van der Waals surface area contributed by atoms with Gasteiger partial charge in [-0.05, 0) is 25.5 Å². The number of carbonyl (C=O) groups is 1. The minimum Gasteiger partial charge on any atom is -0.479 e. The molecule has 2 aromatic rings. The fourth-order valence-corrected chi connectivity index (χ4v) is 1.96. The molecule has 2 rings (SSSR count). The summed E-state index contributed by atoms with van der Waals surface area (Å²) >= 11 is 0. The molecule has 0 bridgehead atoms. The third kappa shape index (κ3) is 2.03. The summed E-state index contributed by atoms with van der Waals surface area (Å²) in [5.41, 5.74) is 0.252. The van der Waals surface area contributed by atoms with Crippen molar-refractivity contribution in [1.82, 2.24) is 4.57 Å². The standard InChI is InChI=1S/C13H15NO3/c1-9-7-14(8-13(2,17)12(15)16)11-6-4-3-5-10(9)11/h3-7,17H,8H2,1-2H3,(H,15,16). The highest BCUT2D eigenvalue weighted by Gasteiger charge is 2.30. The highest BCUT2D eigenvalue weighted by atomic mass is 16.4. The average Bonchev–Trinajstić information content (AvgIpc) is 2.56. The van der Waals surface area contributed by atoms with E-state index in [4.69, 9.17) is 5.11 Å². The lowest BCUT2D eigenvalue weighted by Crippen LogP contribution is -2.39. The van der Waals surface area contributed by atoms with Gasteiger partial charge in [-0.15, -0.1) is 0 Å². The summed E-state index contributed by atoms with van der Waals surface area (Å²) < 4.78 is 1.78. The second-order valence-corrected chi connectivity index (χ2v) is 4.54. The number of aryl methyl sites for hydroxylation is 1. The Bertz CT molecular complexity index is 569. The number of carboxylic acid groups (broad SMARTS) is 1. The van der Waals surface area contributed by atoms with Crippen LogP contribution in [0.5, 0.6) is 0 Å². The number of nitrogens with zero attached hydrogens (tertiary/aromatic N) is 1. The fraction of sp³-hybridized carbons (Fsp3) is 0.308. The van der Waals surface area contributed by atoms with Gasteiger partial charge in [-0.3, -0.25) is 0 Å². The molecular weight excluding hydrogens is 218 g/mol. The fourth-order valence-electron chi connectivity index (χ4n) is 1.96. The topological polar surface area (TPSA) is 62.5 Å². The largest absolute Gasteiger partial charge is 0.479 e. The maximum absolute atomic E-state index is 10.9. The van der Waals surface area contributed by atoms with E-state index in [1.165, 1.54) is 6.92 Å². The Hall–Kier alpha value is -1.81. The molecule has 0 amide bonds. The second-order valence-electron chi connectivity index (χ2n) is 4.54. The van der Waals surface area contributed by atoms with Gasteiger partial charge in [0.25, 0.3) is 0 Å². The van der Waals surface area contributed by atoms with Crippen LogP contribution in [-0.4, -0.2) is 26.4 Å². The zero-order valence-electron chi connectivity index (χ0n) is 9.84. The number of hydrogen-bond donors (Lipinski definition) is 2. The van der Waals surface area contributed by atoms with Crippen molar-refractivity contribution >= 4 is 16.9 Å². The second kappa shape index (κ2) is 3.89. The highest BCUT2D eigenvalue weighted by Crippen LogP contribution is 2.22. The lowest BCUT2D eigenvalue weighted by molar-refractivity contribution is -0.157. The van der Waals surface area contributed by atoms with Crippen LogP contribution in [0.25, 0.3) is 10.9 Å². The molecule has 90 valence electrons. The first-order valence-electron chi connectivity index (χ1n) is 5.42. The minimum atomic E-state index is -1.76.